The Morgan fingerprint density at radius 3 is 2.79 bits per heavy atom. The zero-order valence-electron chi connectivity index (χ0n) is 13.9. The quantitative estimate of drug-likeness (QED) is 0.883. The smallest absolute Gasteiger partial charge is 0.317 e. The molecule has 1 aromatic rings. The van der Waals surface area contributed by atoms with Gasteiger partial charge in [-0.15, -0.1) is 0 Å². The van der Waals surface area contributed by atoms with Gasteiger partial charge >= 0.3 is 6.03 Å². The molecule has 130 valence electrons. The molecule has 2 fully saturated rings. The Balaban J connectivity index is 1.60. The van der Waals surface area contributed by atoms with Crippen molar-refractivity contribution >= 4 is 17.6 Å². The molecular weight excluding hydrogens is 306 g/mol. The van der Waals surface area contributed by atoms with Crippen molar-refractivity contribution < 1.29 is 14.7 Å². The van der Waals surface area contributed by atoms with Crippen LogP contribution in [0.5, 0.6) is 0 Å². The predicted octanol–water partition coefficient (Wildman–Crippen LogP) is 1.74. The Kier molecular flexibility index (Phi) is 5.35. The van der Waals surface area contributed by atoms with Crippen molar-refractivity contribution in [3.05, 3.63) is 30.3 Å². The molecule has 2 unspecified atom stereocenters. The predicted molar refractivity (Wildman–Crippen MR) is 91.8 cm³/mol. The summed E-state index contributed by atoms with van der Waals surface area (Å²) in [5, 5.41) is 12.2. The van der Waals surface area contributed by atoms with Crippen molar-refractivity contribution in [3.63, 3.8) is 0 Å². The monoisotopic (exact) mass is 331 g/mol. The lowest BCUT2D eigenvalue weighted by atomic mass is 10.00. The van der Waals surface area contributed by atoms with E-state index in [4.69, 9.17) is 0 Å². The number of likely N-dealkylation sites (tertiary alicyclic amines) is 1. The number of hydrogen-bond donors (Lipinski definition) is 2. The highest BCUT2D eigenvalue weighted by molar-refractivity contribution is 5.96. The summed E-state index contributed by atoms with van der Waals surface area (Å²) in [5.74, 6) is 0.0389. The lowest BCUT2D eigenvalue weighted by Crippen LogP contribution is -2.52. The van der Waals surface area contributed by atoms with Crippen molar-refractivity contribution in [2.45, 2.75) is 44.2 Å². The minimum atomic E-state index is -0.165. The Labute approximate surface area is 142 Å². The van der Waals surface area contributed by atoms with E-state index >= 15 is 0 Å². The minimum Gasteiger partial charge on any atom is -0.396 e. The summed E-state index contributed by atoms with van der Waals surface area (Å²) in [5.41, 5.74) is 0.871. The summed E-state index contributed by atoms with van der Waals surface area (Å²) >= 11 is 0. The summed E-state index contributed by atoms with van der Waals surface area (Å²) in [6.07, 6.45) is 3.98. The van der Waals surface area contributed by atoms with E-state index in [1.807, 2.05) is 35.2 Å². The van der Waals surface area contributed by atoms with Gasteiger partial charge in [0.05, 0.1) is 6.04 Å². The van der Waals surface area contributed by atoms with Gasteiger partial charge in [-0.2, -0.15) is 0 Å². The van der Waals surface area contributed by atoms with Crippen LogP contribution in [0, 0.1) is 0 Å². The van der Waals surface area contributed by atoms with Gasteiger partial charge in [-0.05, 0) is 37.8 Å². The third kappa shape index (κ3) is 3.70. The van der Waals surface area contributed by atoms with Crippen molar-refractivity contribution in [2.75, 3.05) is 24.6 Å². The van der Waals surface area contributed by atoms with Crippen molar-refractivity contribution in [1.29, 1.82) is 0 Å². The fourth-order valence-corrected chi connectivity index (χ4v) is 3.64. The first-order valence-corrected chi connectivity index (χ1v) is 8.72. The van der Waals surface area contributed by atoms with Gasteiger partial charge in [0.15, 0.2) is 0 Å². The molecule has 0 aliphatic carbocycles. The maximum absolute atomic E-state index is 12.6. The van der Waals surface area contributed by atoms with E-state index in [9.17, 15) is 14.7 Å². The largest absolute Gasteiger partial charge is 0.396 e. The molecule has 0 radical (unpaired) electrons. The van der Waals surface area contributed by atoms with E-state index in [1.54, 1.807) is 4.90 Å². The minimum absolute atomic E-state index is 0.0389. The first kappa shape index (κ1) is 16.8. The lowest BCUT2D eigenvalue weighted by molar-refractivity contribution is -0.117. The molecule has 2 heterocycles. The number of carbonyl (C=O) groups excluding carboxylic acids is 2. The Morgan fingerprint density at radius 1 is 1.25 bits per heavy atom. The first-order valence-electron chi connectivity index (χ1n) is 8.72. The maximum atomic E-state index is 12.6. The van der Waals surface area contributed by atoms with Crippen LogP contribution >= 0.6 is 0 Å². The number of nitrogens with one attached hydrogen (secondary N) is 1. The van der Waals surface area contributed by atoms with Gasteiger partial charge < -0.3 is 20.2 Å². The average molecular weight is 331 g/mol. The maximum Gasteiger partial charge on any atom is 0.317 e. The van der Waals surface area contributed by atoms with Crippen LogP contribution in [0.3, 0.4) is 0 Å². The summed E-state index contributed by atoms with van der Waals surface area (Å²) in [6, 6.07) is 9.37. The van der Waals surface area contributed by atoms with E-state index in [-0.39, 0.29) is 30.6 Å². The van der Waals surface area contributed by atoms with Crippen LogP contribution in [0.1, 0.15) is 32.1 Å². The zero-order valence-corrected chi connectivity index (χ0v) is 13.9. The van der Waals surface area contributed by atoms with Crippen LogP contribution in [0.15, 0.2) is 30.3 Å². The van der Waals surface area contributed by atoms with Gasteiger partial charge in [0.1, 0.15) is 0 Å². The van der Waals surface area contributed by atoms with Crippen LogP contribution in [-0.2, 0) is 4.79 Å². The molecule has 0 aromatic heterocycles. The summed E-state index contributed by atoms with van der Waals surface area (Å²) in [4.78, 5) is 28.4. The number of benzene rings is 1. The molecule has 24 heavy (non-hydrogen) atoms. The molecule has 0 spiro atoms. The fourth-order valence-electron chi connectivity index (χ4n) is 3.64. The first-order chi connectivity index (χ1) is 11.7. The number of urea groups is 1. The number of aliphatic hydroxyl groups excluding tert-OH is 1. The zero-order chi connectivity index (χ0) is 16.9. The van der Waals surface area contributed by atoms with Crippen molar-refractivity contribution in [2.24, 2.45) is 0 Å². The van der Waals surface area contributed by atoms with Gasteiger partial charge in [-0.1, -0.05) is 18.2 Å². The summed E-state index contributed by atoms with van der Waals surface area (Å²) in [6.45, 7) is 1.32. The number of para-hydroxylation sites is 1. The SMILES string of the molecule is O=C1CC(NC(=O)N2CCCCC2CCO)CN1c1ccccc1. The molecule has 6 nitrogen and oxygen atoms in total. The molecular formula is C18H25N3O3. The van der Waals surface area contributed by atoms with Crippen LogP contribution in [0.25, 0.3) is 0 Å². The number of hydrogen-bond acceptors (Lipinski definition) is 3. The second-order valence-electron chi connectivity index (χ2n) is 6.55. The molecule has 0 saturated carbocycles. The number of piperidine rings is 1. The van der Waals surface area contributed by atoms with E-state index in [1.165, 1.54) is 0 Å². The molecule has 2 saturated heterocycles. The van der Waals surface area contributed by atoms with Gasteiger partial charge in [0, 0.05) is 37.8 Å². The second kappa shape index (κ2) is 7.66. The number of carbonyl (C=O) groups is 2. The van der Waals surface area contributed by atoms with Gasteiger partial charge in [0.2, 0.25) is 5.91 Å². The Bertz CT molecular complexity index is 576. The third-order valence-electron chi connectivity index (χ3n) is 4.87. The fraction of sp³-hybridized carbons (Fsp3) is 0.556. The average Bonchev–Trinajstić information content (AvgIpc) is 2.96. The van der Waals surface area contributed by atoms with E-state index in [2.05, 4.69) is 5.32 Å². The molecule has 3 amide bonds. The third-order valence-corrected chi connectivity index (χ3v) is 4.87. The van der Waals surface area contributed by atoms with Gasteiger partial charge in [0.25, 0.3) is 0 Å². The topological polar surface area (TPSA) is 72.9 Å². The number of amides is 3. The molecule has 2 aliphatic heterocycles. The Hall–Kier alpha value is -2.08. The van der Waals surface area contributed by atoms with Crippen molar-refractivity contribution in [1.82, 2.24) is 10.2 Å². The molecule has 3 rings (SSSR count). The number of rotatable bonds is 4. The number of nitrogens with zero attached hydrogens (tertiary/aromatic N) is 2. The molecule has 2 N–H and O–H groups in total. The van der Waals surface area contributed by atoms with Crippen LogP contribution < -0.4 is 10.2 Å². The summed E-state index contributed by atoms with van der Waals surface area (Å²) in [7, 11) is 0. The van der Waals surface area contributed by atoms with E-state index < -0.39 is 0 Å². The molecule has 2 atom stereocenters. The molecule has 0 bridgehead atoms. The van der Waals surface area contributed by atoms with Crippen LogP contribution in [0.2, 0.25) is 0 Å². The second-order valence-corrected chi connectivity index (χ2v) is 6.55. The molecule has 2 aliphatic rings. The molecule has 6 heteroatoms. The highest BCUT2D eigenvalue weighted by Gasteiger charge is 2.34. The highest BCUT2D eigenvalue weighted by Crippen LogP contribution is 2.23. The normalized spacial score (nSPS) is 24.3. The van der Waals surface area contributed by atoms with Gasteiger partial charge in [-0.25, -0.2) is 4.79 Å². The summed E-state index contributed by atoms with van der Waals surface area (Å²) < 4.78 is 0. The highest BCUT2D eigenvalue weighted by atomic mass is 16.3. The Morgan fingerprint density at radius 2 is 2.04 bits per heavy atom. The molecule has 1 aromatic carbocycles. The van der Waals surface area contributed by atoms with E-state index in [0.717, 1.165) is 31.5 Å². The van der Waals surface area contributed by atoms with Crippen LogP contribution in [0.4, 0.5) is 10.5 Å². The lowest BCUT2D eigenvalue weighted by Gasteiger charge is -2.36. The number of anilines is 1. The van der Waals surface area contributed by atoms with Crippen molar-refractivity contribution in [3.8, 4) is 0 Å². The number of aliphatic hydroxyl groups is 1. The van der Waals surface area contributed by atoms with Gasteiger partial charge in [-0.3, -0.25) is 4.79 Å². The van der Waals surface area contributed by atoms with Crippen LogP contribution in [-0.4, -0.2) is 53.7 Å². The standard InChI is InChI=1S/C18H25N3O3/c22-11-9-16-8-4-5-10-20(16)18(24)19-14-12-17(23)21(13-14)15-6-2-1-3-7-15/h1-3,6-7,14,16,22H,4-5,8-13H2,(H,19,24). The van der Waals surface area contributed by atoms with E-state index in [0.29, 0.717) is 19.4 Å².